The number of fused-ring (bicyclic) bond motifs is 2. The van der Waals surface area contributed by atoms with Gasteiger partial charge in [-0.05, 0) is 90.9 Å². The predicted molar refractivity (Wildman–Crippen MR) is 180 cm³/mol. The molecule has 3 N–H and O–H groups in total. The van der Waals surface area contributed by atoms with Crippen LogP contribution in [0.25, 0.3) is 22.0 Å². The summed E-state index contributed by atoms with van der Waals surface area (Å²) in [7, 11) is -2.94. The standard InChI is InChI=1S/C34H31ClF2N6O4S/c1-47-28-15-19(14-20-18-39-34(41-33(20)28)40-22-9-12-43(13-10-22)30-4-2-3-11-38-30)31-25(36)6-7-26(32(31)37)42-48(45,46)29-17-21(35)16-24-23(29)5-8-27(24)44/h2-4,6-7,11,14-18,22,27,42,44H,5,8-10,12-13H2,1H3,(H,39,40,41)/t27-/m1/s1. The number of ether oxygens (including phenoxy) is 1. The van der Waals surface area contributed by atoms with Crippen LogP contribution in [0.4, 0.5) is 26.2 Å². The largest absolute Gasteiger partial charge is 0.494 e. The van der Waals surface area contributed by atoms with Crippen molar-refractivity contribution in [3.63, 3.8) is 0 Å². The smallest absolute Gasteiger partial charge is 0.262 e. The van der Waals surface area contributed by atoms with Crippen molar-refractivity contribution in [1.29, 1.82) is 0 Å². The van der Waals surface area contributed by atoms with E-state index in [1.807, 2.05) is 18.2 Å². The molecule has 3 aromatic carbocycles. The Hall–Kier alpha value is -4.59. The molecule has 1 aliphatic carbocycles. The van der Waals surface area contributed by atoms with Crippen molar-refractivity contribution in [2.75, 3.05) is 35.1 Å². The molecule has 1 saturated heterocycles. The highest BCUT2D eigenvalue weighted by molar-refractivity contribution is 7.92. The van der Waals surface area contributed by atoms with E-state index in [0.717, 1.165) is 43.9 Å². The number of halogens is 3. The van der Waals surface area contributed by atoms with Gasteiger partial charge in [-0.3, -0.25) is 4.72 Å². The first-order valence-electron chi connectivity index (χ1n) is 15.4. The van der Waals surface area contributed by atoms with Crippen molar-refractivity contribution >= 4 is 50.0 Å². The van der Waals surface area contributed by atoms with Crippen LogP contribution in [0.5, 0.6) is 5.75 Å². The van der Waals surface area contributed by atoms with Crippen molar-refractivity contribution in [3.8, 4) is 16.9 Å². The summed E-state index contributed by atoms with van der Waals surface area (Å²) >= 11 is 6.16. The number of hydrogen-bond donors (Lipinski definition) is 3. The highest BCUT2D eigenvalue weighted by atomic mass is 35.5. The molecule has 1 atom stereocenters. The zero-order valence-electron chi connectivity index (χ0n) is 25.8. The average Bonchev–Trinajstić information content (AvgIpc) is 3.45. The summed E-state index contributed by atoms with van der Waals surface area (Å²) in [4.78, 5) is 15.6. The summed E-state index contributed by atoms with van der Waals surface area (Å²) in [6, 6.07) is 13.8. The van der Waals surface area contributed by atoms with Crippen molar-refractivity contribution < 1.29 is 27.0 Å². The zero-order valence-corrected chi connectivity index (χ0v) is 27.3. The summed E-state index contributed by atoms with van der Waals surface area (Å²) in [5.74, 6) is -0.413. The fourth-order valence-electron chi connectivity index (χ4n) is 6.43. The van der Waals surface area contributed by atoms with Gasteiger partial charge in [-0.1, -0.05) is 17.7 Å². The van der Waals surface area contributed by atoms with Gasteiger partial charge < -0.3 is 20.1 Å². The van der Waals surface area contributed by atoms with E-state index in [-0.39, 0.29) is 27.3 Å². The lowest BCUT2D eigenvalue weighted by Crippen LogP contribution is -2.39. The van der Waals surface area contributed by atoms with Crippen molar-refractivity contribution in [2.45, 2.75) is 42.7 Å². The van der Waals surface area contributed by atoms with Gasteiger partial charge in [0.15, 0.2) is 5.82 Å². The molecule has 1 aliphatic heterocycles. The number of rotatable bonds is 8. The van der Waals surface area contributed by atoms with Gasteiger partial charge in [-0.2, -0.15) is 0 Å². The molecule has 14 heteroatoms. The van der Waals surface area contributed by atoms with Crippen LogP contribution >= 0.6 is 11.6 Å². The Kier molecular flexibility index (Phi) is 8.52. The number of hydrogen-bond acceptors (Lipinski definition) is 9. The molecule has 0 bridgehead atoms. The monoisotopic (exact) mass is 692 g/mol. The second-order valence-corrected chi connectivity index (χ2v) is 13.9. The molecule has 0 spiro atoms. The van der Waals surface area contributed by atoms with Crippen LogP contribution in [0.15, 0.2) is 71.9 Å². The summed E-state index contributed by atoms with van der Waals surface area (Å²) in [5.41, 5.74) is 0.461. The maximum Gasteiger partial charge on any atom is 0.262 e. The summed E-state index contributed by atoms with van der Waals surface area (Å²) in [5, 5.41) is 14.3. The number of aliphatic hydroxyl groups excluding tert-OH is 1. The Bertz CT molecular complexity index is 2130. The van der Waals surface area contributed by atoms with Gasteiger partial charge in [0.2, 0.25) is 5.95 Å². The number of sulfonamides is 1. The van der Waals surface area contributed by atoms with Crippen LogP contribution in [0.3, 0.4) is 0 Å². The van der Waals surface area contributed by atoms with Gasteiger partial charge in [-0.15, -0.1) is 0 Å². The highest BCUT2D eigenvalue weighted by Crippen LogP contribution is 2.40. The van der Waals surface area contributed by atoms with Crippen LogP contribution in [-0.4, -0.2) is 54.7 Å². The second-order valence-electron chi connectivity index (χ2n) is 11.8. The molecule has 1 fully saturated rings. The van der Waals surface area contributed by atoms with E-state index in [0.29, 0.717) is 40.8 Å². The molecule has 48 heavy (non-hydrogen) atoms. The second kappa shape index (κ2) is 12.8. The van der Waals surface area contributed by atoms with E-state index in [1.165, 1.54) is 31.4 Å². The topological polar surface area (TPSA) is 130 Å². The van der Waals surface area contributed by atoms with Gasteiger partial charge in [0, 0.05) is 41.9 Å². The Labute approximate surface area is 280 Å². The molecule has 2 aliphatic rings. The normalized spacial score (nSPS) is 16.6. The lowest BCUT2D eigenvalue weighted by atomic mass is 10.0. The molecule has 5 aromatic rings. The minimum absolute atomic E-state index is 0.105. The molecule has 0 saturated carbocycles. The summed E-state index contributed by atoms with van der Waals surface area (Å²) in [6.07, 6.45) is 4.84. The van der Waals surface area contributed by atoms with Crippen LogP contribution in [-0.2, 0) is 16.4 Å². The number of aliphatic hydroxyl groups is 1. The first kappa shape index (κ1) is 32.0. The van der Waals surface area contributed by atoms with Crippen LogP contribution in [0, 0.1) is 11.6 Å². The number of nitrogens with one attached hydrogen (secondary N) is 2. The van der Waals surface area contributed by atoms with Gasteiger partial charge in [0.25, 0.3) is 10.0 Å². The Morgan fingerprint density at radius 1 is 1.04 bits per heavy atom. The predicted octanol–water partition coefficient (Wildman–Crippen LogP) is 6.49. The Morgan fingerprint density at radius 3 is 2.60 bits per heavy atom. The number of aromatic nitrogens is 3. The van der Waals surface area contributed by atoms with Crippen LogP contribution in [0.1, 0.15) is 36.5 Å². The number of benzene rings is 3. The molecule has 0 radical (unpaired) electrons. The quantitative estimate of drug-likeness (QED) is 0.167. The molecule has 10 nitrogen and oxygen atoms in total. The van der Waals surface area contributed by atoms with E-state index in [2.05, 4.69) is 29.9 Å². The van der Waals surface area contributed by atoms with Gasteiger partial charge in [0.05, 0.1) is 29.4 Å². The van der Waals surface area contributed by atoms with Crippen LogP contribution < -0.4 is 19.7 Å². The van der Waals surface area contributed by atoms with E-state index in [9.17, 15) is 13.5 Å². The summed E-state index contributed by atoms with van der Waals surface area (Å²) < 4.78 is 66.1. The lowest BCUT2D eigenvalue weighted by molar-refractivity contribution is 0.180. The number of piperidine rings is 1. The third-order valence-electron chi connectivity index (χ3n) is 8.82. The third kappa shape index (κ3) is 6.09. The molecule has 2 aromatic heterocycles. The Morgan fingerprint density at radius 2 is 1.85 bits per heavy atom. The maximum absolute atomic E-state index is 16.1. The first-order valence-corrected chi connectivity index (χ1v) is 17.3. The number of anilines is 3. The minimum atomic E-state index is -4.37. The maximum atomic E-state index is 16.1. The number of nitrogens with zero attached hydrogens (tertiary/aromatic N) is 4. The van der Waals surface area contributed by atoms with Crippen molar-refractivity contribution in [3.05, 3.63) is 94.8 Å². The van der Waals surface area contributed by atoms with E-state index in [4.69, 9.17) is 16.3 Å². The first-order chi connectivity index (χ1) is 23.1. The Balaban J connectivity index is 1.15. The van der Waals surface area contributed by atoms with E-state index in [1.54, 1.807) is 12.4 Å². The van der Waals surface area contributed by atoms with Gasteiger partial charge >= 0.3 is 0 Å². The lowest BCUT2D eigenvalue weighted by Gasteiger charge is -2.33. The molecule has 3 heterocycles. The fraction of sp³-hybridized carbons (Fsp3) is 0.265. The molecule has 248 valence electrons. The number of methoxy groups -OCH3 is 1. The van der Waals surface area contributed by atoms with E-state index < -0.39 is 39.0 Å². The SMILES string of the molecule is COc1cc(-c2c(F)ccc(NS(=O)(=O)c3cc(Cl)cc4c3CC[C@H]4O)c2F)cc2cnc(NC3CCN(c4ccccn4)CC3)nc12. The number of pyridine rings is 1. The van der Waals surface area contributed by atoms with Crippen LogP contribution in [0.2, 0.25) is 5.02 Å². The fourth-order valence-corrected chi connectivity index (χ4v) is 8.10. The third-order valence-corrected chi connectivity index (χ3v) is 10.5. The zero-order chi connectivity index (χ0) is 33.6. The molecular weight excluding hydrogens is 662 g/mol. The average molecular weight is 693 g/mol. The van der Waals surface area contributed by atoms with Gasteiger partial charge in [-0.25, -0.2) is 32.2 Å². The summed E-state index contributed by atoms with van der Waals surface area (Å²) in [6.45, 7) is 1.65. The minimum Gasteiger partial charge on any atom is -0.494 e. The highest BCUT2D eigenvalue weighted by Gasteiger charge is 2.30. The van der Waals surface area contributed by atoms with Crippen molar-refractivity contribution in [2.24, 2.45) is 0 Å². The molecule has 0 amide bonds. The van der Waals surface area contributed by atoms with Gasteiger partial charge in [0.1, 0.15) is 22.9 Å². The van der Waals surface area contributed by atoms with Crippen molar-refractivity contribution in [1.82, 2.24) is 15.0 Å². The molecular formula is C34H31ClF2N6O4S. The van der Waals surface area contributed by atoms with E-state index >= 15 is 8.78 Å². The molecule has 0 unspecified atom stereocenters. The molecule has 7 rings (SSSR count).